The van der Waals surface area contributed by atoms with Gasteiger partial charge in [0.2, 0.25) is 5.91 Å². The van der Waals surface area contributed by atoms with Crippen molar-refractivity contribution in [3.8, 4) is 0 Å². The summed E-state index contributed by atoms with van der Waals surface area (Å²) in [6.07, 6.45) is 2.86. The Labute approximate surface area is 99.0 Å². The summed E-state index contributed by atoms with van der Waals surface area (Å²) >= 11 is 0. The number of amides is 2. The number of carbonyl (C=O) groups excluding carboxylic acids is 2. The molecule has 0 saturated carbocycles. The van der Waals surface area contributed by atoms with Gasteiger partial charge < -0.3 is 21.4 Å². The van der Waals surface area contributed by atoms with E-state index in [4.69, 9.17) is 11.5 Å². The maximum Gasteiger partial charge on any atom is 0.270 e. The van der Waals surface area contributed by atoms with Crippen LogP contribution >= 0.6 is 0 Å². The van der Waals surface area contributed by atoms with Crippen LogP contribution in [0.3, 0.4) is 0 Å². The Morgan fingerprint density at radius 3 is 2.47 bits per heavy atom. The molecule has 1 aliphatic heterocycles. The molecule has 0 atom stereocenters. The summed E-state index contributed by atoms with van der Waals surface area (Å²) in [4.78, 5) is 27.6. The van der Waals surface area contributed by atoms with Gasteiger partial charge in [-0.05, 0) is 18.9 Å². The number of anilines is 1. The summed E-state index contributed by atoms with van der Waals surface area (Å²) < 4.78 is 0. The number of nitrogens with one attached hydrogen (secondary N) is 1. The molecule has 92 valence electrons. The SMILES string of the molecule is NC(=O)C1CCN(C(=O)c2cc(N)c[nH]2)CC1. The lowest BCUT2D eigenvalue weighted by Gasteiger charge is -2.30. The monoisotopic (exact) mass is 236 g/mol. The number of hydrogen-bond acceptors (Lipinski definition) is 3. The van der Waals surface area contributed by atoms with E-state index in [0.29, 0.717) is 37.3 Å². The van der Waals surface area contributed by atoms with Crippen LogP contribution in [0.2, 0.25) is 0 Å². The van der Waals surface area contributed by atoms with Crippen molar-refractivity contribution in [2.75, 3.05) is 18.8 Å². The van der Waals surface area contributed by atoms with Crippen molar-refractivity contribution in [2.45, 2.75) is 12.8 Å². The van der Waals surface area contributed by atoms with Gasteiger partial charge in [-0.1, -0.05) is 0 Å². The number of aromatic amines is 1. The second-order valence-corrected chi connectivity index (χ2v) is 4.32. The number of aromatic nitrogens is 1. The summed E-state index contributed by atoms with van der Waals surface area (Å²) in [5, 5.41) is 0. The minimum Gasteiger partial charge on any atom is -0.397 e. The van der Waals surface area contributed by atoms with Crippen LogP contribution in [0.25, 0.3) is 0 Å². The van der Waals surface area contributed by atoms with Gasteiger partial charge in [0.25, 0.3) is 5.91 Å². The van der Waals surface area contributed by atoms with E-state index in [1.165, 1.54) is 0 Å². The summed E-state index contributed by atoms with van der Waals surface area (Å²) in [6, 6.07) is 1.61. The first-order valence-electron chi connectivity index (χ1n) is 5.60. The summed E-state index contributed by atoms with van der Waals surface area (Å²) in [5.41, 5.74) is 11.8. The van der Waals surface area contributed by atoms with Crippen molar-refractivity contribution < 1.29 is 9.59 Å². The number of nitrogen functional groups attached to an aromatic ring is 1. The Morgan fingerprint density at radius 1 is 1.35 bits per heavy atom. The molecule has 6 heteroatoms. The predicted molar refractivity (Wildman–Crippen MR) is 63.0 cm³/mol. The van der Waals surface area contributed by atoms with Crippen LogP contribution in [-0.4, -0.2) is 34.8 Å². The molecule has 0 unspecified atom stereocenters. The molecule has 0 bridgehead atoms. The lowest BCUT2D eigenvalue weighted by atomic mass is 9.96. The highest BCUT2D eigenvalue weighted by Crippen LogP contribution is 2.18. The van der Waals surface area contributed by atoms with Gasteiger partial charge in [-0.2, -0.15) is 0 Å². The van der Waals surface area contributed by atoms with Crippen molar-refractivity contribution >= 4 is 17.5 Å². The van der Waals surface area contributed by atoms with Crippen molar-refractivity contribution in [3.63, 3.8) is 0 Å². The maximum atomic E-state index is 12.0. The zero-order valence-corrected chi connectivity index (χ0v) is 9.48. The third-order valence-electron chi connectivity index (χ3n) is 3.12. The van der Waals surface area contributed by atoms with Crippen molar-refractivity contribution in [1.82, 2.24) is 9.88 Å². The Bertz CT molecular complexity index is 432. The third kappa shape index (κ3) is 2.41. The predicted octanol–water partition coefficient (Wildman–Crippen LogP) is -0.0656. The molecule has 1 aromatic rings. The van der Waals surface area contributed by atoms with Gasteiger partial charge in [0.1, 0.15) is 5.69 Å². The molecule has 0 aliphatic carbocycles. The molecule has 6 nitrogen and oxygen atoms in total. The second-order valence-electron chi connectivity index (χ2n) is 4.32. The van der Waals surface area contributed by atoms with Crippen LogP contribution in [0.1, 0.15) is 23.3 Å². The van der Waals surface area contributed by atoms with Gasteiger partial charge in [0, 0.05) is 30.9 Å². The lowest BCUT2D eigenvalue weighted by Crippen LogP contribution is -2.41. The summed E-state index contributed by atoms with van der Waals surface area (Å²) in [5.74, 6) is -0.460. The molecule has 2 heterocycles. The van der Waals surface area contributed by atoms with E-state index < -0.39 is 0 Å². The molecule has 2 rings (SSSR count). The minimum absolute atomic E-state index is 0.0791. The maximum absolute atomic E-state index is 12.0. The number of nitrogens with two attached hydrogens (primary N) is 2. The number of H-pyrrole nitrogens is 1. The van der Waals surface area contributed by atoms with Crippen LogP contribution in [0, 0.1) is 5.92 Å². The first-order valence-corrected chi connectivity index (χ1v) is 5.60. The van der Waals surface area contributed by atoms with Crippen LogP contribution < -0.4 is 11.5 Å². The highest BCUT2D eigenvalue weighted by molar-refractivity contribution is 5.93. The standard InChI is InChI=1S/C11H16N4O2/c12-8-5-9(14-6-8)11(17)15-3-1-7(2-4-15)10(13)16/h5-7,14H,1-4,12H2,(H2,13,16). The van der Waals surface area contributed by atoms with Gasteiger partial charge in [0.05, 0.1) is 0 Å². The van der Waals surface area contributed by atoms with E-state index in [-0.39, 0.29) is 17.7 Å². The lowest BCUT2D eigenvalue weighted by molar-refractivity contribution is -0.123. The topological polar surface area (TPSA) is 105 Å². The van der Waals surface area contributed by atoms with Crippen molar-refractivity contribution in [3.05, 3.63) is 18.0 Å². The van der Waals surface area contributed by atoms with Gasteiger partial charge in [0.15, 0.2) is 0 Å². The van der Waals surface area contributed by atoms with Crippen molar-refractivity contribution in [1.29, 1.82) is 0 Å². The smallest absolute Gasteiger partial charge is 0.270 e. The molecule has 5 N–H and O–H groups in total. The van der Waals surface area contributed by atoms with E-state index in [9.17, 15) is 9.59 Å². The van der Waals surface area contributed by atoms with E-state index >= 15 is 0 Å². The normalized spacial score (nSPS) is 17.1. The number of rotatable bonds is 2. The van der Waals surface area contributed by atoms with Crippen LogP contribution in [0.4, 0.5) is 5.69 Å². The molecule has 1 aliphatic rings. The fraction of sp³-hybridized carbons (Fsp3) is 0.455. The molecular formula is C11H16N4O2. The number of primary amides is 1. The summed E-state index contributed by atoms with van der Waals surface area (Å²) in [6.45, 7) is 1.12. The Hall–Kier alpha value is -1.98. The Kier molecular flexibility index (Phi) is 3.03. The number of piperidine rings is 1. The van der Waals surface area contributed by atoms with Gasteiger partial charge >= 0.3 is 0 Å². The van der Waals surface area contributed by atoms with Gasteiger partial charge in [-0.3, -0.25) is 9.59 Å². The number of likely N-dealkylation sites (tertiary alicyclic amines) is 1. The van der Waals surface area contributed by atoms with E-state index in [0.717, 1.165) is 0 Å². The zero-order valence-electron chi connectivity index (χ0n) is 9.48. The van der Waals surface area contributed by atoms with Crippen LogP contribution in [-0.2, 0) is 4.79 Å². The molecule has 1 aromatic heterocycles. The molecule has 0 radical (unpaired) electrons. The Morgan fingerprint density at radius 2 is 2.00 bits per heavy atom. The molecule has 0 aromatic carbocycles. The average molecular weight is 236 g/mol. The number of carbonyl (C=O) groups is 2. The first kappa shape index (κ1) is 11.5. The highest BCUT2D eigenvalue weighted by atomic mass is 16.2. The van der Waals surface area contributed by atoms with Crippen LogP contribution in [0.5, 0.6) is 0 Å². The first-order chi connectivity index (χ1) is 8.08. The van der Waals surface area contributed by atoms with E-state index in [1.54, 1.807) is 17.2 Å². The Balaban J connectivity index is 1.97. The summed E-state index contributed by atoms with van der Waals surface area (Å²) in [7, 11) is 0. The van der Waals surface area contributed by atoms with E-state index in [2.05, 4.69) is 4.98 Å². The molecule has 2 amide bonds. The van der Waals surface area contributed by atoms with E-state index in [1.807, 2.05) is 0 Å². The fourth-order valence-electron chi connectivity index (χ4n) is 2.07. The molecule has 1 saturated heterocycles. The zero-order chi connectivity index (χ0) is 12.4. The number of hydrogen-bond donors (Lipinski definition) is 3. The van der Waals surface area contributed by atoms with Crippen LogP contribution in [0.15, 0.2) is 12.3 Å². The molecule has 1 fully saturated rings. The van der Waals surface area contributed by atoms with Gasteiger partial charge in [-0.25, -0.2) is 0 Å². The molecule has 17 heavy (non-hydrogen) atoms. The second kappa shape index (κ2) is 4.48. The molecule has 0 spiro atoms. The quantitative estimate of drug-likeness (QED) is 0.669. The molecular weight excluding hydrogens is 220 g/mol. The average Bonchev–Trinajstić information content (AvgIpc) is 2.75. The third-order valence-corrected chi connectivity index (χ3v) is 3.12. The van der Waals surface area contributed by atoms with Crippen molar-refractivity contribution in [2.24, 2.45) is 11.7 Å². The number of nitrogens with zero attached hydrogens (tertiary/aromatic N) is 1. The minimum atomic E-state index is -0.277. The largest absolute Gasteiger partial charge is 0.397 e. The van der Waals surface area contributed by atoms with Gasteiger partial charge in [-0.15, -0.1) is 0 Å². The highest BCUT2D eigenvalue weighted by Gasteiger charge is 2.26. The fourth-order valence-corrected chi connectivity index (χ4v) is 2.07.